The summed E-state index contributed by atoms with van der Waals surface area (Å²) in [5, 5.41) is 4.46. The van der Waals surface area contributed by atoms with Gasteiger partial charge >= 0.3 is 0 Å². The smallest absolute Gasteiger partial charge is 0.259 e. The lowest BCUT2D eigenvalue weighted by atomic mass is 9.72. The number of aliphatic imine (C=N–C) groups is 1. The van der Waals surface area contributed by atoms with Crippen LogP contribution in [-0.2, 0) is 12.8 Å². The Labute approximate surface area is 227 Å². The molecule has 0 radical (unpaired) electrons. The minimum absolute atomic E-state index is 0.111. The zero-order chi connectivity index (χ0) is 26.2. The molecule has 1 aliphatic carbocycles. The lowest BCUT2D eigenvalue weighted by molar-refractivity contribution is 0.102. The van der Waals surface area contributed by atoms with Crippen LogP contribution in [0.4, 0.5) is 10.7 Å². The van der Waals surface area contributed by atoms with Crippen molar-refractivity contribution in [2.75, 3.05) is 5.32 Å². The highest BCUT2D eigenvalue weighted by atomic mass is 35.5. The summed E-state index contributed by atoms with van der Waals surface area (Å²) in [6.45, 7) is 8.93. The minimum atomic E-state index is -0.111. The van der Waals surface area contributed by atoms with Crippen LogP contribution in [0.5, 0.6) is 0 Å². The van der Waals surface area contributed by atoms with Crippen molar-refractivity contribution < 1.29 is 9.21 Å². The molecule has 1 amide bonds. The first-order valence-corrected chi connectivity index (χ1v) is 13.8. The molecule has 0 aliphatic heterocycles. The molecule has 0 unspecified atom stereocenters. The van der Waals surface area contributed by atoms with E-state index in [1.54, 1.807) is 17.6 Å². The normalized spacial score (nSPS) is 15.6. The summed E-state index contributed by atoms with van der Waals surface area (Å²) in [6, 6.07) is 19.2. The van der Waals surface area contributed by atoms with E-state index in [1.165, 1.54) is 4.88 Å². The van der Waals surface area contributed by atoms with Crippen LogP contribution in [0.25, 0.3) is 11.3 Å². The van der Waals surface area contributed by atoms with Crippen molar-refractivity contribution in [2.24, 2.45) is 16.3 Å². The molecule has 4 aromatic rings. The number of fused-ring (bicyclic) bond motifs is 1. The second-order valence-electron chi connectivity index (χ2n) is 10.7. The number of carbonyl (C=O) groups excluding carboxylic acids is 1. The SMILES string of the molecule is Cc1ccc(Cl)cc1-c1ccc(C=Nc2sc3c(c2C(=O)Nc2ccccc2)CC[C@@H](C(C)(C)C)C3)o1. The highest BCUT2D eigenvalue weighted by Gasteiger charge is 2.33. The van der Waals surface area contributed by atoms with E-state index >= 15 is 0 Å². The summed E-state index contributed by atoms with van der Waals surface area (Å²) in [5.74, 6) is 1.83. The van der Waals surface area contributed by atoms with E-state index in [2.05, 4.69) is 26.1 Å². The molecule has 0 fully saturated rings. The van der Waals surface area contributed by atoms with Crippen LogP contribution < -0.4 is 5.32 Å². The van der Waals surface area contributed by atoms with Gasteiger partial charge in [-0.05, 0) is 85.0 Å². The van der Waals surface area contributed by atoms with Crippen LogP contribution in [0.15, 0.2) is 70.1 Å². The Hall–Kier alpha value is -3.15. The van der Waals surface area contributed by atoms with Crippen LogP contribution in [0, 0.1) is 18.3 Å². The zero-order valence-electron chi connectivity index (χ0n) is 21.6. The maximum absolute atomic E-state index is 13.5. The van der Waals surface area contributed by atoms with Gasteiger partial charge in [0, 0.05) is 21.2 Å². The monoisotopic (exact) mass is 530 g/mol. The summed E-state index contributed by atoms with van der Waals surface area (Å²) in [6.07, 6.45) is 4.65. The van der Waals surface area contributed by atoms with E-state index < -0.39 is 0 Å². The van der Waals surface area contributed by atoms with Gasteiger partial charge in [0.25, 0.3) is 5.91 Å². The van der Waals surface area contributed by atoms with Gasteiger partial charge in [-0.25, -0.2) is 4.99 Å². The van der Waals surface area contributed by atoms with Crippen LogP contribution in [-0.4, -0.2) is 12.1 Å². The number of amides is 1. The van der Waals surface area contributed by atoms with Crippen molar-refractivity contribution in [3.05, 3.63) is 93.0 Å². The Bertz CT molecular complexity index is 1460. The Balaban J connectivity index is 1.48. The van der Waals surface area contributed by atoms with Gasteiger partial charge in [0.15, 0.2) is 0 Å². The topological polar surface area (TPSA) is 54.6 Å². The quantitative estimate of drug-likeness (QED) is 0.261. The third-order valence-corrected chi connectivity index (χ3v) is 8.53. The molecule has 5 rings (SSSR count). The number of hydrogen-bond acceptors (Lipinski definition) is 4. The van der Waals surface area contributed by atoms with Crippen LogP contribution in [0.2, 0.25) is 5.02 Å². The third kappa shape index (κ3) is 5.58. The number of rotatable bonds is 5. The summed E-state index contributed by atoms with van der Waals surface area (Å²) in [4.78, 5) is 19.6. The van der Waals surface area contributed by atoms with Crippen molar-refractivity contribution in [3.63, 3.8) is 0 Å². The minimum Gasteiger partial charge on any atom is -0.455 e. The first-order valence-electron chi connectivity index (χ1n) is 12.6. The maximum atomic E-state index is 13.5. The second-order valence-corrected chi connectivity index (χ2v) is 12.2. The first kappa shape index (κ1) is 25.5. The van der Waals surface area contributed by atoms with Crippen molar-refractivity contribution in [2.45, 2.75) is 47.0 Å². The summed E-state index contributed by atoms with van der Waals surface area (Å²) in [7, 11) is 0. The highest BCUT2D eigenvalue weighted by Crippen LogP contribution is 2.45. The van der Waals surface area contributed by atoms with Gasteiger partial charge in [0.2, 0.25) is 0 Å². The van der Waals surface area contributed by atoms with E-state index in [9.17, 15) is 4.79 Å². The molecule has 190 valence electrons. The van der Waals surface area contributed by atoms with Gasteiger partial charge in [-0.3, -0.25) is 4.79 Å². The number of furan rings is 1. The number of halogens is 1. The van der Waals surface area contributed by atoms with Crippen LogP contribution >= 0.6 is 22.9 Å². The maximum Gasteiger partial charge on any atom is 0.259 e. The first-order chi connectivity index (χ1) is 17.7. The van der Waals surface area contributed by atoms with Gasteiger partial charge in [0.05, 0.1) is 11.8 Å². The largest absolute Gasteiger partial charge is 0.455 e. The van der Waals surface area contributed by atoms with E-state index in [4.69, 9.17) is 21.0 Å². The summed E-state index contributed by atoms with van der Waals surface area (Å²) >= 11 is 7.83. The molecule has 2 aromatic carbocycles. The average molecular weight is 531 g/mol. The molecule has 37 heavy (non-hydrogen) atoms. The molecule has 4 nitrogen and oxygen atoms in total. The standard InChI is InChI=1S/C31H31ClN2O2S/c1-19-10-12-21(32)17-25(19)26-15-13-23(36-26)18-33-30-28(29(35)34-22-8-6-5-7-9-22)24-14-11-20(31(2,3)4)16-27(24)37-30/h5-10,12-13,15,17-18,20H,11,14,16H2,1-4H3,(H,34,35)/t20-/m1/s1. The number of para-hydroxylation sites is 1. The van der Waals surface area contributed by atoms with E-state index in [1.807, 2.05) is 67.6 Å². The Morgan fingerprint density at radius 3 is 2.68 bits per heavy atom. The van der Waals surface area contributed by atoms with Gasteiger partial charge in [0.1, 0.15) is 16.5 Å². The zero-order valence-corrected chi connectivity index (χ0v) is 23.2. The number of carbonyl (C=O) groups is 1. The van der Waals surface area contributed by atoms with Crippen molar-refractivity contribution in [1.29, 1.82) is 0 Å². The third-order valence-electron chi connectivity index (χ3n) is 7.13. The summed E-state index contributed by atoms with van der Waals surface area (Å²) in [5.41, 5.74) is 4.86. The predicted octanol–water partition coefficient (Wildman–Crippen LogP) is 9.12. The fourth-order valence-corrected chi connectivity index (χ4v) is 6.34. The van der Waals surface area contributed by atoms with Gasteiger partial charge in [-0.15, -0.1) is 11.3 Å². The van der Waals surface area contributed by atoms with Gasteiger partial charge in [-0.1, -0.05) is 56.6 Å². The number of aryl methyl sites for hydroxylation is 1. The Morgan fingerprint density at radius 1 is 1.14 bits per heavy atom. The molecule has 1 N–H and O–H groups in total. The summed E-state index contributed by atoms with van der Waals surface area (Å²) < 4.78 is 6.08. The second kappa shape index (κ2) is 10.3. The van der Waals surface area contributed by atoms with Crippen molar-refractivity contribution in [1.82, 2.24) is 0 Å². The number of anilines is 1. The molecule has 0 saturated heterocycles. The highest BCUT2D eigenvalue weighted by molar-refractivity contribution is 7.16. The molecule has 2 aromatic heterocycles. The van der Waals surface area contributed by atoms with Crippen LogP contribution in [0.3, 0.4) is 0 Å². The van der Waals surface area contributed by atoms with Gasteiger partial charge in [-0.2, -0.15) is 0 Å². The van der Waals surface area contributed by atoms with Crippen molar-refractivity contribution in [3.8, 4) is 11.3 Å². The molecule has 0 spiro atoms. The molecular weight excluding hydrogens is 500 g/mol. The lowest BCUT2D eigenvalue weighted by Gasteiger charge is -2.33. The van der Waals surface area contributed by atoms with Gasteiger partial charge < -0.3 is 9.73 Å². The molecule has 6 heteroatoms. The number of nitrogens with zero attached hydrogens (tertiary/aromatic N) is 1. The Morgan fingerprint density at radius 2 is 1.92 bits per heavy atom. The Kier molecular flexibility index (Phi) is 7.11. The van der Waals surface area contributed by atoms with Crippen LogP contribution in [0.1, 0.15) is 59.3 Å². The fraction of sp³-hybridized carbons (Fsp3) is 0.290. The molecule has 1 atom stereocenters. The van der Waals surface area contributed by atoms with E-state index in [-0.39, 0.29) is 11.3 Å². The number of benzene rings is 2. The van der Waals surface area contributed by atoms with E-state index in [0.29, 0.717) is 22.3 Å². The molecule has 1 aliphatic rings. The predicted molar refractivity (Wildman–Crippen MR) is 155 cm³/mol. The number of hydrogen-bond donors (Lipinski definition) is 1. The lowest BCUT2D eigenvalue weighted by Crippen LogP contribution is -2.27. The number of nitrogens with one attached hydrogen (secondary N) is 1. The molecular formula is C31H31ClN2O2S. The average Bonchev–Trinajstić information content (AvgIpc) is 3.48. The molecule has 2 heterocycles. The van der Waals surface area contributed by atoms with E-state index in [0.717, 1.165) is 52.4 Å². The molecule has 0 bridgehead atoms. The number of thiophene rings is 1. The fourth-order valence-electron chi connectivity index (χ4n) is 4.90. The molecule has 0 saturated carbocycles. The van der Waals surface area contributed by atoms with Crippen molar-refractivity contribution >= 4 is 45.7 Å².